The number of nitrogens with zero attached hydrogens (tertiary/aromatic N) is 4. The number of amides is 2. The van der Waals surface area contributed by atoms with Gasteiger partial charge in [-0.15, -0.1) is 0 Å². The first kappa shape index (κ1) is 26.5. The van der Waals surface area contributed by atoms with E-state index in [2.05, 4.69) is 15.6 Å². The average molecular weight is 569 g/mol. The number of carbonyl (C=O) groups excluding carboxylic acids is 2. The molecule has 3 aliphatic rings. The molecule has 1 aromatic carbocycles. The number of anilines is 3. The van der Waals surface area contributed by atoms with E-state index in [-0.39, 0.29) is 53.6 Å². The topological polar surface area (TPSA) is 146 Å². The van der Waals surface area contributed by atoms with Gasteiger partial charge in [-0.1, -0.05) is 0 Å². The Morgan fingerprint density at radius 1 is 1.12 bits per heavy atom. The number of carboxylic acids is 1. The molecule has 0 bridgehead atoms. The Bertz CT molecular complexity index is 1650. The third-order valence-electron chi connectivity index (χ3n) is 7.37. The Morgan fingerprint density at radius 3 is 2.54 bits per heavy atom. The number of carboxylic acid groups (broad SMARTS) is 1. The van der Waals surface area contributed by atoms with E-state index < -0.39 is 40.8 Å². The quantitative estimate of drug-likeness (QED) is 0.373. The van der Waals surface area contributed by atoms with Crippen molar-refractivity contribution in [2.75, 3.05) is 41.3 Å². The first-order chi connectivity index (χ1) is 19.6. The van der Waals surface area contributed by atoms with Crippen LogP contribution in [0, 0.1) is 11.6 Å². The summed E-state index contributed by atoms with van der Waals surface area (Å²) in [5.74, 6) is -2.93. The molecule has 14 heteroatoms. The maximum absolute atomic E-state index is 15.1. The number of hydrogen-bond acceptors (Lipinski definition) is 8. The lowest BCUT2D eigenvalue weighted by atomic mass is 10.1. The maximum atomic E-state index is 15.1. The van der Waals surface area contributed by atoms with Crippen LogP contribution in [0.3, 0.4) is 0 Å². The number of benzene rings is 1. The standard InChI is InChI=1S/C27H26F2N6O6/c1-13(36)30-8-17-11-35(27(40)41-17)16-4-5-22(20(28)6-16)31-14-9-33(10-14)25-21(29)7-18-23(37)19(26(38)39)12-34(15-2-3-15)24(18)32-25/h4-7,12,14-15,17,31H,2-3,8-11H2,1H3,(H,30,36)(H,38,39)/t17-/m0/s1. The van der Waals surface area contributed by atoms with Crippen molar-refractivity contribution in [3.05, 3.63) is 57.9 Å². The Kier molecular flexibility index (Phi) is 6.47. The maximum Gasteiger partial charge on any atom is 0.414 e. The molecular weight excluding hydrogens is 542 g/mol. The van der Waals surface area contributed by atoms with E-state index in [4.69, 9.17) is 4.74 Å². The molecule has 0 spiro atoms. The van der Waals surface area contributed by atoms with Gasteiger partial charge in [0.1, 0.15) is 23.1 Å². The lowest BCUT2D eigenvalue weighted by Gasteiger charge is -2.41. The van der Waals surface area contributed by atoms with Crippen LogP contribution in [0.15, 0.2) is 35.3 Å². The smallest absolute Gasteiger partial charge is 0.414 e. The third-order valence-corrected chi connectivity index (χ3v) is 7.37. The van der Waals surface area contributed by atoms with Crippen LogP contribution in [0.2, 0.25) is 0 Å². The molecule has 2 aliphatic heterocycles. The zero-order valence-corrected chi connectivity index (χ0v) is 21.9. The highest BCUT2D eigenvalue weighted by atomic mass is 19.1. The van der Waals surface area contributed by atoms with Gasteiger partial charge in [-0.2, -0.15) is 0 Å². The van der Waals surface area contributed by atoms with Gasteiger partial charge in [0.05, 0.1) is 35.9 Å². The number of fused-ring (bicyclic) bond motifs is 1. The number of aromatic carboxylic acids is 1. The summed E-state index contributed by atoms with van der Waals surface area (Å²) in [4.78, 5) is 54.9. The van der Waals surface area contributed by atoms with E-state index in [9.17, 15) is 28.7 Å². The molecule has 2 saturated heterocycles. The van der Waals surface area contributed by atoms with E-state index >= 15 is 4.39 Å². The van der Waals surface area contributed by atoms with Crippen molar-refractivity contribution in [2.24, 2.45) is 0 Å². The zero-order valence-electron chi connectivity index (χ0n) is 21.9. The summed E-state index contributed by atoms with van der Waals surface area (Å²) in [5, 5.41) is 15.0. The summed E-state index contributed by atoms with van der Waals surface area (Å²) < 4.78 is 36.9. The van der Waals surface area contributed by atoms with Gasteiger partial charge in [-0.3, -0.25) is 14.5 Å². The molecule has 3 N–H and O–H groups in total. The van der Waals surface area contributed by atoms with Crippen molar-refractivity contribution in [1.82, 2.24) is 14.9 Å². The van der Waals surface area contributed by atoms with Crippen LogP contribution in [-0.4, -0.2) is 71.0 Å². The molecule has 0 radical (unpaired) electrons. The number of aromatic nitrogens is 2. The highest BCUT2D eigenvalue weighted by Crippen LogP contribution is 2.37. The van der Waals surface area contributed by atoms with Gasteiger partial charge in [0, 0.05) is 32.3 Å². The van der Waals surface area contributed by atoms with Gasteiger partial charge in [-0.25, -0.2) is 23.4 Å². The summed E-state index contributed by atoms with van der Waals surface area (Å²) in [7, 11) is 0. The second kappa shape index (κ2) is 10.0. The van der Waals surface area contributed by atoms with Crippen LogP contribution in [0.1, 0.15) is 36.2 Å². The second-order valence-corrected chi connectivity index (χ2v) is 10.4. The van der Waals surface area contributed by atoms with Crippen LogP contribution in [-0.2, 0) is 9.53 Å². The second-order valence-electron chi connectivity index (χ2n) is 10.4. The molecule has 3 fully saturated rings. The molecule has 4 heterocycles. The van der Waals surface area contributed by atoms with Gasteiger partial charge < -0.3 is 29.9 Å². The summed E-state index contributed by atoms with van der Waals surface area (Å²) in [6.45, 7) is 2.30. The van der Waals surface area contributed by atoms with Gasteiger partial charge in [0.2, 0.25) is 11.3 Å². The number of pyridine rings is 2. The highest BCUT2D eigenvalue weighted by Gasteiger charge is 2.35. The minimum Gasteiger partial charge on any atom is -0.477 e. The molecule has 0 unspecified atom stereocenters. The van der Waals surface area contributed by atoms with Crippen LogP contribution in [0.5, 0.6) is 0 Å². The Balaban J connectivity index is 1.14. The van der Waals surface area contributed by atoms with Crippen molar-refractivity contribution in [3.63, 3.8) is 0 Å². The minimum absolute atomic E-state index is 0.00396. The summed E-state index contributed by atoms with van der Waals surface area (Å²) in [5.41, 5.74) is -0.456. The fraction of sp³-hybridized carbons (Fsp3) is 0.370. The fourth-order valence-corrected chi connectivity index (χ4v) is 5.09. The number of ether oxygens (including phenoxy) is 1. The molecule has 41 heavy (non-hydrogen) atoms. The SMILES string of the molecule is CC(=O)NC[C@H]1CN(c2ccc(NC3CN(c4nc5c(cc4F)c(=O)c(C(=O)O)cn5C4CC4)C3)c(F)c2)C(=O)O1. The van der Waals surface area contributed by atoms with Crippen LogP contribution < -0.4 is 25.9 Å². The highest BCUT2D eigenvalue weighted by molar-refractivity contribution is 5.92. The summed E-state index contributed by atoms with van der Waals surface area (Å²) in [6, 6.07) is 5.11. The van der Waals surface area contributed by atoms with Crippen molar-refractivity contribution < 1.29 is 33.0 Å². The molecule has 214 valence electrons. The molecule has 12 nitrogen and oxygen atoms in total. The number of cyclic esters (lactones) is 1. The number of halogens is 2. The lowest BCUT2D eigenvalue weighted by Crippen LogP contribution is -2.55. The fourth-order valence-electron chi connectivity index (χ4n) is 5.09. The Hall–Kier alpha value is -4.75. The monoisotopic (exact) mass is 568 g/mol. The molecule has 1 atom stereocenters. The van der Waals surface area contributed by atoms with Gasteiger partial charge in [-0.05, 0) is 37.1 Å². The molecule has 1 saturated carbocycles. The summed E-state index contributed by atoms with van der Waals surface area (Å²) in [6.07, 6.45) is 1.71. The van der Waals surface area contributed by atoms with Crippen molar-refractivity contribution in [1.29, 1.82) is 0 Å². The van der Waals surface area contributed by atoms with Gasteiger partial charge in [0.25, 0.3) is 0 Å². The molecule has 6 rings (SSSR count). The third kappa shape index (κ3) is 5.00. The van der Waals surface area contributed by atoms with E-state index in [0.717, 1.165) is 18.9 Å². The molecule has 1 aliphatic carbocycles. The van der Waals surface area contributed by atoms with Gasteiger partial charge >= 0.3 is 12.1 Å². The van der Waals surface area contributed by atoms with Crippen LogP contribution in [0.25, 0.3) is 11.0 Å². The molecular formula is C27H26F2N6O6. The predicted molar refractivity (Wildman–Crippen MR) is 144 cm³/mol. The lowest BCUT2D eigenvalue weighted by molar-refractivity contribution is -0.119. The van der Waals surface area contributed by atoms with E-state index in [1.807, 2.05) is 0 Å². The predicted octanol–water partition coefficient (Wildman–Crippen LogP) is 2.47. The van der Waals surface area contributed by atoms with Crippen LogP contribution in [0.4, 0.5) is 30.8 Å². The van der Waals surface area contributed by atoms with Crippen LogP contribution >= 0.6 is 0 Å². The Morgan fingerprint density at radius 2 is 1.88 bits per heavy atom. The molecule has 3 aromatic rings. The normalized spacial score (nSPS) is 18.8. The zero-order chi connectivity index (χ0) is 29.0. The van der Waals surface area contributed by atoms with Crippen molar-refractivity contribution in [3.8, 4) is 0 Å². The largest absolute Gasteiger partial charge is 0.477 e. The summed E-state index contributed by atoms with van der Waals surface area (Å²) >= 11 is 0. The number of carbonyl (C=O) groups is 3. The van der Waals surface area contributed by atoms with E-state index in [1.165, 1.54) is 30.2 Å². The van der Waals surface area contributed by atoms with Crippen molar-refractivity contribution >= 4 is 46.2 Å². The first-order valence-electron chi connectivity index (χ1n) is 13.1. The van der Waals surface area contributed by atoms with E-state index in [0.29, 0.717) is 18.8 Å². The van der Waals surface area contributed by atoms with Gasteiger partial charge in [0.15, 0.2) is 11.6 Å². The van der Waals surface area contributed by atoms with E-state index in [1.54, 1.807) is 15.5 Å². The number of nitrogens with one attached hydrogen (secondary N) is 2. The molecule has 2 amide bonds. The van der Waals surface area contributed by atoms with Crippen molar-refractivity contribution in [2.45, 2.75) is 38.0 Å². The first-order valence-corrected chi connectivity index (χ1v) is 13.1. The number of rotatable bonds is 8. The Labute approximate surface area is 231 Å². The molecule has 2 aromatic heterocycles. The minimum atomic E-state index is -1.38. The average Bonchev–Trinajstić information content (AvgIpc) is 3.67. The number of hydrogen-bond donors (Lipinski definition) is 3.